The molecule has 4 rings (SSSR count). The lowest BCUT2D eigenvalue weighted by molar-refractivity contribution is 0.0649. The topological polar surface area (TPSA) is 67.6 Å². The van der Waals surface area contributed by atoms with Gasteiger partial charge in [-0.1, -0.05) is 12.1 Å². The number of carbonyl (C=O) groups excluding carboxylic acids is 1. The fourth-order valence-electron chi connectivity index (χ4n) is 3.75. The van der Waals surface area contributed by atoms with E-state index in [9.17, 15) is 22.0 Å². The number of aryl methyl sites for hydroxylation is 1. The van der Waals surface area contributed by atoms with Gasteiger partial charge in [0.2, 0.25) is 0 Å². The second kappa shape index (κ2) is 7.26. The predicted octanol–water partition coefficient (Wildman–Crippen LogP) is 3.85. The second-order valence-electron chi connectivity index (χ2n) is 7.32. The predicted molar refractivity (Wildman–Crippen MR) is 104 cm³/mol. The highest BCUT2D eigenvalue weighted by molar-refractivity contribution is 7.91. The van der Waals surface area contributed by atoms with Crippen molar-refractivity contribution in [2.45, 2.75) is 25.9 Å². The normalized spacial score (nSPS) is 18.2. The molecule has 0 N–H and O–H groups in total. The van der Waals surface area contributed by atoms with Crippen LogP contribution in [0.4, 0.5) is 8.78 Å². The SMILES string of the molecule is Cc1c(C(=O)N(Cc2cccc(F)c2)[C@H]2CCS(=O)(=O)C2)oc2ccc(F)cc12. The Balaban J connectivity index is 1.74. The molecule has 152 valence electrons. The minimum absolute atomic E-state index is 0.00504. The van der Waals surface area contributed by atoms with Crippen molar-refractivity contribution in [3.63, 3.8) is 0 Å². The summed E-state index contributed by atoms with van der Waals surface area (Å²) in [5.41, 5.74) is 1.40. The highest BCUT2D eigenvalue weighted by Crippen LogP contribution is 2.29. The Morgan fingerprint density at radius 2 is 1.93 bits per heavy atom. The Labute approximate surface area is 166 Å². The van der Waals surface area contributed by atoms with Gasteiger partial charge < -0.3 is 9.32 Å². The van der Waals surface area contributed by atoms with Crippen LogP contribution in [0.25, 0.3) is 11.0 Å². The molecule has 1 atom stereocenters. The monoisotopic (exact) mass is 419 g/mol. The van der Waals surface area contributed by atoms with E-state index in [-0.39, 0.29) is 23.8 Å². The van der Waals surface area contributed by atoms with Crippen LogP contribution in [0.5, 0.6) is 0 Å². The molecule has 0 saturated carbocycles. The molecule has 29 heavy (non-hydrogen) atoms. The third kappa shape index (κ3) is 3.89. The van der Waals surface area contributed by atoms with Gasteiger partial charge in [-0.3, -0.25) is 4.79 Å². The fraction of sp³-hybridized carbons (Fsp3) is 0.286. The summed E-state index contributed by atoms with van der Waals surface area (Å²) < 4.78 is 56.9. The van der Waals surface area contributed by atoms with E-state index < -0.39 is 33.4 Å². The summed E-state index contributed by atoms with van der Waals surface area (Å²) in [4.78, 5) is 14.8. The Morgan fingerprint density at radius 3 is 2.62 bits per heavy atom. The summed E-state index contributed by atoms with van der Waals surface area (Å²) >= 11 is 0. The first kappa shape index (κ1) is 19.6. The van der Waals surface area contributed by atoms with E-state index in [1.807, 2.05) is 0 Å². The molecule has 2 heterocycles. The van der Waals surface area contributed by atoms with Gasteiger partial charge in [-0.05, 0) is 49.2 Å². The molecule has 0 aliphatic carbocycles. The maximum Gasteiger partial charge on any atom is 0.290 e. The maximum absolute atomic E-state index is 13.6. The fourth-order valence-corrected chi connectivity index (χ4v) is 5.48. The number of fused-ring (bicyclic) bond motifs is 1. The molecule has 1 fully saturated rings. The molecule has 1 aromatic heterocycles. The van der Waals surface area contributed by atoms with E-state index in [1.54, 1.807) is 13.0 Å². The maximum atomic E-state index is 13.6. The molecule has 0 radical (unpaired) electrons. The number of halogens is 2. The van der Waals surface area contributed by atoms with Gasteiger partial charge in [0.1, 0.15) is 17.2 Å². The lowest BCUT2D eigenvalue weighted by atomic mass is 10.1. The molecule has 5 nitrogen and oxygen atoms in total. The Morgan fingerprint density at radius 1 is 1.17 bits per heavy atom. The van der Waals surface area contributed by atoms with Gasteiger partial charge >= 0.3 is 0 Å². The number of hydrogen-bond donors (Lipinski definition) is 0. The number of hydrogen-bond acceptors (Lipinski definition) is 4. The van der Waals surface area contributed by atoms with Crippen molar-refractivity contribution >= 4 is 26.7 Å². The van der Waals surface area contributed by atoms with Gasteiger partial charge in [0, 0.05) is 23.5 Å². The minimum Gasteiger partial charge on any atom is -0.451 e. The van der Waals surface area contributed by atoms with Crippen LogP contribution in [0.3, 0.4) is 0 Å². The van der Waals surface area contributed by atoms with Crippen molar-refractivity contribution in [3.05, 3.63) is 71.0 Å². The van der Waals surface area contributed by atoms with Crippen LogP contribution in [0.15, 0.2) is 46.9 Å². The zero-order valence-corrected chi connectivity index (χ0v) is 16.5. The summed E-state index contributed by atoms with van der Waals surface area (Å²) in [6.07, 6.45) is 0.303. The van der Waals surface area contributed by atoms with Crippen LogP contribution in [0, 0.1) is 18.6 Å². The van der Waals surface area contributed by atoms with Crippen molar-refractivity contribution in [1.29, 1.82) is 0 Å². The van der Waals surface area contributed by atoms with Crippen LogP contribution in [0.2, 0.25) is 0 Å². The van der Waals surface area contributed by atoms with E-state index in [1.165, 1.54) is 41.3 Å². The molecule has 0 spiro atoms. The van der Waals surface area contributed by atoms with E-state index in [2.05, 4.69) is 0 Å². The van der Waals surface area contributed by atoms with Gasteiger partial charge in [0.25, 0.3) is 5.91 Å². The van der Waals surface area contributed by atoms with E-state index in [0.29, 0.717) is 28.5 Å². The van der Waals surface area contributed by atoms with Gasteiger partial charge in [0.15, 0.2) is 15.6 Å². The number of furan rings is 1. The number of carbonyl (C=O) groups is 1. The molecule has 1 aliphatic rings. The largest absolute Gasteiger partial charge is 0.451 e. The lowest BCUT2D eigenvalue weighted by Crippen LogP contribution is -2.40. The van der Waals surface area contributed by atoms with Crippen molar-refractivity contribution in [2.75, 3.05) is 11.5 Å². The summed E-state index contributed by atoms with van der Waals surface area (Å²) in [7, 11) is -3.25. The third-order valence-electron chi connectivity index (χ3n) is 5.24. The van der Waals surface area contributed by atoms with Gasteiger partial charge in [-0.2, -0.15) is 0 Å². The zero-order valence-electron chi connectivity index (χ0n) is 15.7. The molecular formula is C21H19F2NO4S. The molecule has 0 bridgehead atoms. The smallest absolute Gasteiger partial charge is 0.290 e. The Kier molecular flexibility index (Phi) is 4.90. The molecule has 2 aromatic carbocycles. The Bertz CT molecular complexity index is 1200. The zero-order chi connectivity index (χ0) is 20.8. The third-order valence-corrected chi connectivity index (χ3v) is 6.99. The Hall–Kier alpha value is -2.74. The van der Waals surface area contributed by atoms with E-state index in [0.717, 1.165) is 0 Å². The molecule has 0 unspecified atom stereocenters. The van der Waals surface area contributed by atoms with Crippen LogP contribution in [-0.2, 0) is 16.4 Å². The van der Waals surface area contributed by atoms with Gasteiger partial charge in [-0.25, -0.2) is 17.2 Å². The molecular weight excluding hydrogens is 400 g/mol. The molecule has 3 aromatic rings. The quantitative estimate of drug-likeness (QED) is 0.644. The highest BCUT2D eigenvalue weighted by Gasteiger charge is 2.36. The molecule has 1 aliphatic heterocycles. The number of rotatable bonds is 4. The number of nitrogens with zero attached hydrogens (tertiary/aromatic N) is 1. The van der Waals surface area contributed by atoms with Crippen molar-refractivity contribution in [2.24, 2.45) is 0 Å². The van der Waals surface area contributed by atoms with Crippen LogP contribution < -0.4 is 0 Å². The van der Waals surface area contributed by atoms with Crippen molar-refractivity contribution < 1.29 is 26.4 Å². The summed E-state index contributed by atoms with van der Waals surface area (Å²) in [6, 6.07) is 9.26. The van der Waals surface area contributed by atoms with Crippen LogP contribution in [0.1, 0.15) is 28.1 Å². The van der Waals surface area contributed by atoms with E-state index >= 15 is 0 Å². The first-order valence-electron chi connectivity index (χ1n) is 9.18. The molecule has 1 amide bonds. The highest BCUT2D eigenvalue weighted by atomic mass is 32.2. The summed E-state index contributed by atoms with van der Waals surface area (Å²) in [6.45, 7) is 1.70. The molecule has 1 saturated heterocycles. The van der Waals surface area contributed by atoms with Crippen LogP contribution >= 0.6 is 0 Å². The number of sulfone groups is 1. The second-order valence-corrected chi connectivity index (χ2v) is 9.55. The van der Waals surface area contributed by atoms with Gasteiger partial charge in [0.05, 0.1) is 11.5 Å². The minimum atomic E-state index is -3.25. The van der Waals surface area contributed by atoms with Crippen molar-refractivity contribution in [3.8, 4) is 0 Å². The average molecular weight is 419 g/mol. The van der Waals surface area contributed by atoms with Crippen molar-refractivity contribution in [1.82, 2.24) is 4.90 Å². The first-order chi connectivity index (χ1) is 13.7. The number of amides is 1. The van der Waals surface area contributed by atoms with E-state index in [4.69, 9.17) is 4.42 Å². The number of benzene rings is 2. The standard InChI is InChI=1S/C21H19F2NO4S/c1-13-18-10-16(23)5-6-19(18)28-20(13)21(25)24(17-7-8-29(26,27)12-17)11-14-3-2-4-15(22)9-14/h2-6,9-10,17H,7-8,11-12H2,1H3/t17-/m0/s1. The lowest BCUT2D eigenvalue weighted by Gasteiger charge is -2.28. The average Bonchev–Trinajstić information content (AvgIpc) is 3.19. The first-order valence-corrected chi connectivity index (χ1v) is 11.0. The summed E-state index contributed by atoms with van der Waals surface area (Å²) in [5, 5.41) is 0.484. The van der Waals surface area contributed by atoms with Crippen LogP contribution in [-0.4, -0.2) is 36.8 Å². The van der Waals surface area contributed by atoms with Gasteiger partial charge in [-0.15, -0.1) is 0 Å². The molecule has 8 heteroatoms. The summed E-state index contributed by atoms with van der Waals surface area (Å²) in [5.74, 6) is -1.50.